The highest BCUT2D eigenvalue weighted by Gasteiger charge is 2.45. The molecule has 0 unspecified atom stereocenters. The van der Waals surface area contributed by atoms with Gasteiger partial charge in [-0.05, 0) is 17.7 Å². The van der Waals surface area contributed by atoms with E-state index in [1.165, 1.54) is 14.2 Å². The highest BCUT2D eigenvalue weighted by atomic mass is 16.6. The highest BCUT2D eigenvalue weighted by Crippen LogP contribution is 2.39. The number of carbonyl (C=O) groups excluding carboxylic acids is 2. The summed E-state index contributed by atoms with van der Waals surface area (Å²) in [6.45, 7) is 3.60. The van der Waals surface area contributed by atoms with E-state index < -0.39 is 24.0 Å². The Hall–Kier alpha value is -2.30. The quantitative estimate of drug-likeness (QED) is 0.612. The smallest absolute Gasteiger partial charge is 0.335 e. The van der Waals surface area contributed by atoms with E-state index in [1.807, 2.05) is 0 Å². The maximum Gasteiger partial charge on any atom is 0.335 e. The van der Waals surface area contributed by atoms with Crippen molar-refractivity contribution in [2.24, 2.45) is 5.92 Å². The number of ether oxygens (including phenoxy) is 3. The van der Waals surface area contributed by atoms with Crippen LogP contribution in [0.2, 0.25) is 0 Å². The number of rotatable bonds is 3. The van der Waals surface area contributed by atoms with Gasteiger partial charge in [0.15, 0.2) is 0 Å². The Morgan fingerprint density at radius 1 is 1.37 bits per heavy atom. The van der Waals surface area contributed by atoms with Crippen LogP contribution < -0.4 is 4.74 Å². The van der Waals surface area contributed by atoms with Crippen LogP contribution in [-0.4, -0.2) is 26.2 Å². The van der Waals surface area contributed by atoms with Gasteiger partial charge < -0.3 is 14.2 Å². The van der Waals surface area contributed by atoms with E-state index in [1.54, 1.807) is 24.3 Å². The van der Waals surface area contributed by atoms with E-state index in [4.69, 9.17) is 14.2 Å². The third-order valence-electron chi connectivity index (χ3n) is 3.05. The van der Waals surface area contributed by atoms with Gasteiger partial charge >= 0.3 is 11.9 Å². The first-order valence-corrected chi connectivity index (χ1v) is 5.70. The molecule has 0 aliphatic carbocycles. The van der Waals surface area contributed by atoms with Crippen LogP contribution in [0.4, 0.5) is 0 Å². The van der Waals surface area contributed by atoms with Crippen LogP contribution in [0.1, 0.15) is 11.7 Å². The van der Waals surface area contributed by atoms with Gasteiger partial charge in [0, 0.05) is 5.57 Å². The van der Waals surface area contributed by atoms with Gasteiger partial charge in [-0.15, -0.1) is 0 Å². The summed E-state index contributed by atoms with van der Waals surface area (Å²) in [7, 11) is 2.80. The molecule has 5 heteroatoms. The van der Waals surface area contributed by atoms with Crippen molar-refractivity contribution < 1.29 is 23.8 Å². The van der Waals surface area contributed by atoms with Gasteiger partial charge in [0.1, 0.15) is 17.8 Å². The van der Waals surface area contributed by atoms with Crippen molar-refractivity contribution in [1.29, 1.82) is 0 Å². The van der Waals surface area contributed by atoms with E-state index in [2.05, 4.69) is 6.58 Å². The number of esters is 2. The zero-order valence-corrected chi connectivity index (χ0v) is 10.7. The topological polar surface area (TPSA) is 61.8 Å². The number of hydrogen-bond donors (Lipinski definition) is 0. The van der Waals surface area contributed by atoms with Crippen molar-refractivity contribution in [2.75, 3.05) is 14.2 Å². The minimum Gasteiger partial charge on any atom is -0.497 e. The molecule has 0 amide bonds. The summed E-state index contributed by atoms with van der Waals surface area (Å²) in [5.74, 6) is -1.31. The molecule has 100 valence electrons. The monoisotopic (exact) mass is 262 g/mol. The van der Waals surface area contributed by atoms with Crippen LogP contribution in [0.25, 0.3) is 0 Å². The number of hydrogen-bond acceptors (Lipinski definition) is 5. The molecule has 1 aromatic rings. The van der Waals surface area contributed by atoms with Gasteiger partial charge in [-0.2, -0.15) is 0 Å². The molecular formula is C14H14O5. The lowest BCUT2D eigenvalue weighted by Crippen LogP contribution is -2.21. The second-order valence-electron chi connectivity index (χ2n) is 4.13. The molecule has 1 aliphatic heterocycles. The summed E-state index contributed by atoms with van der Waals surface area (Å²) >= 11 is 0. The predicted octanol–water partition coefficient (Wildman–Crippen LogP) is 1.64. The molecule has 0 N–H and O–H groups in total. The lowest BCUT2D eigenvalue weighted by atomic mass is 9.92. The molecule has 19 heavy (non-hydrogen) atoms. The van der Waals surface area contributed by atoms with Crippen LogP contribution in [0, 0.1) is 5.92 Å². The largest absolute Gasteiger partial charge is 0.497 e. The minimum atomic E-state index is -0.815. The number of methoxy groups -OCH3 is 2. The molecule has 1 heterocycles. The van der Waals surface area contributed by atoms with E-state index in [0.717, 1.165) is 0 Å². The first kappa shape index (κ1) is 13.1. The molecule has 2 rings (SSSR count). The molecule has 1 fully saturated rings. The lowest BCUT2D eigenvalue weighted by Gasteiger charge is -2.16. The van der Waals surface area contributed by atoms with E-state index in [-0.39, 0.29) is 5.57 Å². The molecule has 0 aromatic heterocycles. The average molecular weight is 262 g/mol. The zero-order valence-electron chi connectivity index (χ0n) is 10.7. The summed E-state index contributed by atoms with van der Waals surface area (Å²) in [6.07, 6.45) is -0.720. The Kier molecular flexibility index (Phi) is 3.55. The Bertz CT molecular complexity index is 534. The van der Waals surface area contributed by atoms with Crippen LogP contribution in [0.3, 0.4) is 0 Å². The maximum atomic E-state index is 11.8. The van der Waals surface area contributed by atoms with Gasteiger partial charge in [-0.3, -0.25) is 4.79 Å². The molecule has 0 saturated carbocycles. The Morgan fingerprint density at radius 3 is 2.74 bits per heavy atom. The lowest BCUT2D eigenvalue weighted by molar-refractivity contribution is -0.147. The predicted molar refractivity (Wildman–Crippen MR) is 66.5 cm³/mol. The van der Waals surface area contributed by atoms with Crippen molar-refractivity contribution in [1.82, 2.24) is 0 Å². The van der Waals surface area contributed by atoms with Crippen LogP contribution >= 0.6 is 0 Å². The molecule has 5 nitrogen and oxygen atoms in total. The third-order valence-corrected chi connectivity index (χ3v) is 3.05. The minimum absolute atomic E-state index is 0.111. The second kappa shape index (κ2) is 5.14. The van der Waals surface area contributed by atoms with Gasteiger partial charge in [0.2, 0.25) is 0 Å². The zero-order chi connectivity index (χ0) is 14.0. The third kappa shape index (κ3) is 2.31. The van der Waals surface area contributed by atoms with E-state index in [9.17, 15) is 9.59 Å². The fourth-order valence-electron chi connectivity index (χ4n) is 2.04. The number of cyclic esters (lactones) is 1. The fraction of sp³-hybridized carbons (Fsp3) is 0.286. The summed E-state index contributed by atoms with van der Waals surface area (Å²) in [5.41, 5.74) is 0.779. The molecule has 0 radical (unpaired) electrons. The van der Waals surface area contributed by atoms with E-state index in [0.29, 0.717) is 11.3 Å². The van der Waals surface area contributed by atoms with Crippen LogP contribution in [0.5, 0.6) is 5.75 Å². The standard InChI is InChI=1S/C14H14O5/c1-8-11(14(16)18-3)12(19-13(8)15)9-5-4-6-10(7-9)17-2/h4-7,11-12H,1H2,2-3H3/t11-,12+/m1/s1. The molecule has 1 aliphatic rings. The van der Waals surface area contributed by atoms with Crippen molar-refractivity contribution in [3.05, 3.63) is 42.0 Å². The second-order valence-corrected chi connectivity index (χ2v) is 4.13. The van der Waals surface area contributed by atoms with Crippen molar-refractivity contribution in [3.63, 3.8) is 0 Å². The normalized spacial score (nSPS) is 22.0. The molecule has 1 aromatic carbocycles. The van der Waals surface area contributed by atoms with Crippen molar-refractivity contribution in [3.8, 4) is 5.75 Å². The maximum absolute atomic E-state index is 11.8. The fourth-order valence-corrected chi connectivity index (χ4v) is 2.04. The first-order valence-electron chi connectivity index (χ1n) is 5.70. The molecule has 0 spiro atoms. The Morgan fingerprint density at radius 2 is 2.11 bits per heavy atom. The van der Waals surface area contributed by atoms with Crippen molar-refractivity contribution >= 4 is 11.9 Å². The number of carbonyl (C=O) groups is 2. The molecule has 1 saturated heterocycles. The summed E-state index contributed by atoms with van der Waals surface area (Å²) in [6, 6.07) is 7.00. The van der Waals surface area contributed by atoms with E-state index >= 15 is 0 Å². The Balaban J connectivity index is 2.38. The molecule has 0 bridgehead atoms. The SMILES string of the molecule is C=C1C(=O)O[C@@H](c2cccc(OC)c2)[C@@H]1C(=O)OC. The van der Waals surface area contributed by atoms with Crippen LogP contribution in [-0.2, 0) is 19.1 Å². The van der Waals surface area contributed by atoms with Gasteiger partial charge in [0.25, 0.3) is 0 Å². The van der Waals surface area contributed by atoms with Crippen molar-refractivity contribution in [2.45, 2.75) is 6.10 Å². The average Bonchev–Trinajstić information content (AvgIpc) is 2.74. The number of benzene rings is 1. The summed E-state index contributed by atoms with van der Waals surface area (Å²) in [4.78, 5) is 23.3. The molecule has 2 atom stereocenters. The van der Waals surface area contributed by atoms with Gasteiger partial charge in [0.05, 0.1) is 14.2 Å². The highest BCUT2D eigenvalue weighted by molar-refractivity contribution is 5.98. The van der Waals surface area contributed by atoms with Gasteiger partial charge in [-0.1, -0.05) is 18.7 Å². The first-order chi connectivity index (χ1) is 9.08. The van der Waals surface area contributed by atoms with Gasteiger partial charge in [-0.25, -0.2) is 4.79 Å². The summed E-state index contributed by atoms with van der Waals surface area (Å²) < 4.78 is 15.0. The van der Waals surface area contributed by atoms with Crippen LogP contribution in [0.15, 0.2) is 36.4 Å². The Labute approximate surface area is 110 Å². The molecular weight excluding hydrogens is 248 g/mol. The summed E-state index contributed by atoms with van der Waals surface area (Å²) in [5, 5.41) is 0.